The Labute approximate surface area is 211 Å². The first kappa shape index (κ1) is 26.0. The standard InChI is InChI=1S/C28H32NO6P/c1-5-33-36(30,34-6-2)28(29-19-20-12-14-22(31-3)15-13-20)27-26(21-10-8-7-9-11-21)24-17-16-23(32-4)18-25(24)35-27/h7-18,28-29H,5-6,19H2,1-4H3. The van der Waals surface area contributed by atoms with Crippen LogP contribution < -0.4 is 14.8 Å². The third kappa shape index (κ3) is 5.50. The third-order valence-electron chi connectivity index (χ3n) is 5.83. The number of rotatable bonds is 12. The molecule has 0 bridgehead atoms. The summed E-state index contributed by atoms with van der Waals surface area (Å²) in [4.78, 5) is 0. The minimum Gasteiger partial charge on any atom is -0.497 e. The third-order valence-corrected chi connectivity index (χ3v) is 8.11. The lowest BCUT2D eigenvalue weighted by atomic mass is 10.0. The Balaban J connectivity index is 1.87. The lowest BCUT2D eigenvalue weighted by molar-refractivity contribution is 0.204. The Kier molecular flexibility index (Phi) is 8.49. The predicted octanol–water partition coefficient (Wildman–Crippen LogP) is 7.17. The summed E-state index contributed by atoms with van der Waals surface area (Å²) in [5.74, 6) is 1.07. The quantitative estimate of drug-likeness (QED) is 0.203. The number of methoxy groups -OCH3 is 2. The molecule has 0 aliphatic carbocycles. The fraction of sp³-hybridized carbons (Fsp3) is 0.286. The van der Waals surface area contributed by atoms with Crippen LogP contribution in [0.4, 0.5) is 0 Å². The van der Waals surface area contributed by atoms with Crippen molar-refractivity contribution >= 4 is 18.6 Å². The molecule has 1 atom stereocenters. The Morgan fingerprint density at radius 1 is 0.861 bits per heavy atom. The molecule has 36 heavy (non-hydrogen) atoms. The topological polar surface area (TPSA) is 79.2 Å². The zero-order valence-corrected chi connectivity index (χ0v) is 21.9. The van der Waals surface area contributed by atoms with Crippen molar-refractivity contribution in [2.75, 3.05) is 27.4 Å². The van der Waals surface area contributed by atoms with Crippen molar-refractivity contribution in [3.05, 3.63) is 84.1 Å². The summed E-state index contributed by atoms with van der Waals surface area (Å²) in [6.45, 7) is 4.47. The van der Waals surface area contributed by atoms with Crippen LogP contribution >= 0.6 is 7.60 Å². The van der Waals surface area contributed by atoms with Gasteiger partial charge in [-0.2, -0.15) is 0 Å². The first-order chi connectivity index (χ1) is 17.5. The summed E-state index contributed by atoms with van der Waals surface area (Å²) in [6.07, 6.45) is 0. The highest BCUT2D eigenvalue weighted by molar-refractivity contribution is 7.54. The molecule has 1 unspecified atom stereocenters. The SMILES string of the molecule is CCOP(=O)(OCC)C(NCc1ccc(OC)cc1)c1oc2cc(OC)ccc2c1-c1ccccc1. The second kappa shape index (κ2) is 11.8. The van der Waals surface area contributed by atoms with E-state index in [0.717, 1.165) is 27.8 Å². The molecular weight excluding hydrogens is 477 g/mol. The van der Waals surface area contributed by atoms with Crippen LogP contribution in [0.15, 0.2) is 77.2 Å². The van der Waals surface area contributed by atoms with Crippen molar-refractivity contribution < 1.29 is 27.5 Å². The summed E-state index contributed by atoms with van der Waals surface area (Å²) >= 11 is 0. The minimum atomic E-state index is -3.69. The monoisotopic (exact) mass is 509 g/mol. The molecule has 4 aromatic rings. The molecule has 4 rings (SSSR count). The highest BCUT2D eigenvalue weighted by atomic mass is 31.2. The molecule has 0 saturated heterocycles. The molecule has 1 aromatic heterocycles. The Hall–Kier alpha value is -3.09. The summed E-state index contributed by atoms with van der Waals surface area (Å²) < 4.78 is 42.9. The number of furan rings is 1. The molecule has 0 fully saturated rings. The van der Waals surface area contributed by atoms with Gasteiger partial charge in [0, 0.05) is 23.6 Å². The van der Waals surface area contributed by atoms with Gasteiger partial charge in [0.05, 0.1) is 27.4 Å². The molecule has 1 N–H and O–H groups in total. The lowest BCUT2D eigenvalue weighted by Gasteiger charge is -2.27. The van der Waals surface area contributed by atoms with Crippen LogP contribution in [0, 0.1) is 0 Å². The van der Waals surface area contributed by atoms with E-state index in [-0.39, 0.29) is 13.2 Å². The maximum atomic E-state index is 14.2. The molecule has 7 nitrogen and oxygen atoms in total. The maximum absolute atomic E-state index is 14.2. The summed E-state index contributed by atoms with van der Waals surface area (Å²) in [7, 11) is -0.444. The second-order valence-corrected chi connectivity index (χ2v) is 10.2. The zero-order valence-electron chi connectivity index (χ0n) is 21.0. The highest BCUT2D eigenvalue weighted by Gasteiger charge is 2.41. The number of hydrogen-bond donors (Lipinski definition) is 1. The molecule has 0 radical (unpaired) electrons. The van der Waals surface area contributed by atoms with Crippen LogP contribution in [0.5, 0.6) is 11.5 Å². The summed E-state index contributed by atoms with van der Waals surface area (Å²) in [5.41, 5.74) is 3.38. The molecule has 3 aromatic carbocycles. The normalized spacial score (nSPS) is 12.6. The number of ether oxygens (including phenoxy) is 2. The first-order valence-electron chi connectivity index (χ1n) is 11.9. The van der Waals surface area contributed by atoms with E-state index < -0.39 is 13.4 Å². The molecule has 8 heteroatoms. The molecular formula is C28H32NO6P. The van der Waals surface area contributed by atoms with Gasteiger partial charge in [-0.25, -0.2) is 0 Å². The van der Waals surface area contributed by atoms with Crippen molar-refractivity contribution in [3.8, 4) is 22.6 Å². The minimum absolute atomic E-state index is 0.229. The van der Waals surface area contributed by atoms with E-state index in [1.807, 2.05) is 72.8 Å². The van der Waals surface area contributed by atoms with E-state index in [1.54, 1.807) is 28.1 Å². The van der Waals surface area contributed by atoms with Gasteiger partial charge in [0.25, 0.3) is 0 Å². The fourth-order valence-electron chi connectivity index (χ4n) is 4.17. The van der Waals surface area contributed by atoms with Gasteiger partial charge in [-0.3, -0.25) is 9.88 Å². The van der Waals surface area contributed by atoms with Crippen LogP contribution in [0.3, 0.4) is 0 Å². The fourth-order valence-corrected chi connectivity index (χ4v) is 6.05. The predicted molar refractivity (Wildman–Crippen MR) is 142 cm³/mol. The van der Waals surface area contributed by atoms with E-state index >= 15 is 0 Å². The van der Waals surface area contributed by atoms with Crippen molar-refractivity contribution in [3.63, 3.8) is 0 Å². The average molecular weight is 510 g/mol. The van der Waals surface area contributed by atoms with Gasteiger partial charge in [-0.1, -0.05) is 42.5 Å². The number of nitrogens with one attached hydrogen (secondary N) is 1. The molecule has 0 saturated carbocycles. The van der Waals surface area contributed by atoms with Crippen molar-refractivity contribution in [2.24, 2.45) is 0 Å². The number of hydrogen-bond acceptors (Lipinski definition) is 7. The van der Waals surface area contributed by atoms with Gasteiger partial charge in [0.2, 0.25) is 0 Å². The van der Waals surface area contributed by atoms with Crippen LogP contribution in [0.25, 0.3) is 22.1 Å². The van der Waals surface area contributed by atoms with Crippen molar-refractivity contribution in [1.29, 1.82) is 0 Å². The largest absolute Gasteiger partial charge is 0.497 e. The lowest BCUT2D eigenvalue weighted by Crippen LogP contribution is -2.23. The van der Waals surface area contributed by atoms with Gasteiger partial charge in [0.1, 0.15) is 22.8 Å². The molecule has 190 valence electrons. The van der Waals surface area contributed by atoms with Crippen molar-refractivity contribution in [1.82, 2.24) is 5.32 Å². The van der Waals surface area contributed by atoms with Gasteiger partial charge >= 0.3 is 7.60 Å². The summed E-state index contributed by atoms with van der Waals surface area (Å²) in [6, 6.07) is 23.3. The molecule has 1 heterocycles. The Morgan fingerprint density at radius 2 is 1.50 bits per heavy atom. The zero-order chi connectivity index (χ0) is 25.5. The molecule has 0 aliphatic rings. The molecule has 0 amide bonds. The van der Waals surface area contributed by atoms with Crippen LogP contribution in [0.1, 0.15) is 31.0 Å². The van der Waals surface area contributed by atoms with Gasteiger partial charge in [-0.15, -0.1) is 0 Å². The van der Waals surface area contributed by atoms with Crippen molar-refractivity contribution in [2.45, 2.75) is 26.2 Å². The van der Waals surface area contributed by atoms with Crippen LogP contribution in [-0.2, 0) is 20.2 Å². The van der Waals surface area contributed by atoms with Crippen LogP contribution in [-0.4, -0.2) is 27.4 Å². The van der Waals surface area contributed by atoms with E-state index in [9.17, 15) is 4.57 Å². The molecule has 0 spiro atoms. The van der Waals surface area contributed by atoms with E-state index in [4.69, 9.17) is 22.9 Å². The average Bonchev–Trinajstić information content (AvgIpc) is 3.28. The van der Waals surface area contributed by atoms with Gasteiger partial charge in [0.15, 0.2) is 5.78 Å². The Morgan fingerprint density at radius 3 is 2.11 bits per heavy atom. The van der Waals surface area contributed by atoms with E-state index in [0.29, 0.717) is 23.6 Å². The van der Waals surface area contributed by atoms with E-state index in [1.165, 1.54) is 0 Å². The first-order valence-corrected chi connectivity index (χ1v) is 13.5. The highest BCUT2D eigenvalue weighted by Crippen LogP contribution is 2.61. The van der Waals surface area contributed by atoms with Gasteiger partial charge in [-0.05, 0) is 49.2 Å². The second-order valence-electron chi connectivity index (χ2n) is 8.08. The molecule has 0 aliphatic heterocycles. The Bertz CT molecular complexity index is 1310. The van der Waals surface area contributed by atoms with Gasteiger partial charge < -0.3 is 22.9 Å². The number of fused-ring (bicyclic) bond motifs is 1. The van der Waals surface area contributed by atoms with Crippen LogP contribution in [0.2, 0.25) is 0 Å². The maximum Gasteiger partial charge on any atom is 0.355 e. The number of benzene rings is 3. The smallest absolute Gasteiger partial charge is 0.355 e. The summed E-state index contributed by atoms with van der Waals surface area (Å²) in [5, 5.41) is 4.30. The van der Waals surface area contributed by atoms with E-state index in [2.05, 4.69) is 5.32 Å².